The van der Waals surface area contributed by atoms with Crippen molar-refractivity contribution < 1.29 is 9.84 Å². The van der Waals surface area contributed by atoms with Crippen LogP contribution in [0.15, 0.2) is 36.4 Å². The van der Waals surface area contributed by atoms with Crippen LogP contribution in [0.2, 0.25) is 5.02 Å². The fourth-order valence-electron chi connectivity index (χ4n) is 2.59. The molecule has 0 unspecified atom stereocenters. The number of benzene rings is 2. The molecule has 0 heterocycles. The molecule has 104 valence electrons. The van der Waals surface area contributed by atoms with E-state index < -0.39 is 0 Å². The maximum atomic E-state index is 9.78. The van der Waals surface area contributed by atoms with Crippen molar-refractivity contribution in [2.45, 2.75) is 32.5 Å². The molecule has 0 fully saturated rings. The highest BCUT2D eigenvalue weighted by molar-refractivity contribution is 6.31. The maximum absolute atomic E-state index is 9.78. The van der Waals surface area contributed by atoms with Gasteiger partial charge in [-0.3, -0.25) is 0 Å². The van der Waals surface area contributed by atoms with E-state index in [4.69, 9.17) is 16.3 Å². The molecule has 0 aliphatic heterocycles. The second-order valence-electron chi connectivity index (χ2n) is 5.30. The van der Waals surface area contributed by atoms with E-state index in [2.05, 4.69) is 0 Å². The van der Waals surface area contributed by atoms with Crippen LogP contribution in [-0.4, -0.2) is 5.11 Å². The van der Waals surface area contributed by atoms with Crippen LogP contribution in [0.1, 0.15) is 34.8 Å². The highest BCUT2D eigenvalue weighted by Gasteiger charge is 2.20. The van der Waals surface area contributed by atoms with Gasteiger partial charge < -0.3 is 9.84 Å². The smallest absolute Gasteiger partial charge is 0.120 e. The molecule has 2 aromatic rings. The Balaban J connectivity index is 1.73. The Morgan fingerprint density at radius 1 is 1.25 bits per heavy atom. The first-order valence-corrected chi connectivity index (χ1v) is 7.20. The zero-order valence-electron chi connectivity index (χ0n) is 11.4. The second kappa shape index (κ2) is 5.47. The lowest BCUT2D eigenvalue weighted by molar-refractivity contribution is 0.180. The molecular formula is C17H17ClO2. The van der Waals surface area contributed by atoms with Gasteiger partial charge in [0.25, 0.3) is 0 Å². The lowest BCUT2D eigenvalue weighted by Crippen LogP contribution is -1.98. The summed E-state index contributed by atoms with van der Waals surface area (Å²) < 4.78 is 5.81. The number of aryl methyl sites for hydroxylation is 2. The van der Waals surface area contributed by atoms with E-state index in [0.717, 1.165) is 40.3 Å². The number of ether oxygens (including phenoxy) is 1. The van der Waals surface area contributed by atoms with Crippen LogP contribution < -0.4 is 4.74 Å². The topological polar surface area (TPSA) is 29.5 Å². The maximum Gasteiger partial charge on any atom is 0.120 e. The first kappa shape index (κ1) is 13.5. The van der Waals surface area contributed by atoms with Crippen molar-refractivity contribution >= 4 is 11.6 Å². The molecule has 20 heavy (non-hydrogen) atoms. The number of aliphatic hydroxyl groups excluding tert-OH is 1. The first-order chi connectivity index (χ1) is 9.63. The van der Waals surface area contributed by atoms with E-state index in [1.807, 2.05) is 43.3 Å². The Bertz CT molecular complexity index is 637. The highest BCUT2D eigenvalue weighted by atomic mass is 35.5. The van der Waals surface area contributed by atoms with E-state index in [-0.39, 0.29) is 6.10 Å². The van der Waals surface area contributed by atoms with Gasteiger partial charge in [0.15, 0.2) is 0 Å². The Labute approximate surface area is 124 Å². The average molecular weight is 289 g/mol. The van der Waals surface area contributed by atoms with Gasteiger partial charge in [0.05, 0.1) is 6.10 Å². The second-order valence-corrected chi connectivity index (χ2v) is 5.71. The SMILES string of the molecule is Cc1ccc(COc2ccc3c(c2)CC[C@H]3O)c(Cl)c1. The number of aliphatic hydroxyl groups is 1. The summed E-state index contributed by atoms with van der Waals surface area (Å²) in [4.78, 5) is 0. The van der Waals surface area contributed by atoms with Gasteiger partial charge >= 0.3 is 0 Å². The monoisotopic (exact) mass is 288 g/mol. The number of fused-ring (bicyclic) bond motifs is 1. The van der Waals surface area contributed by atoms with Gasteiger partial charge in [0.1, 0.15) is 12.4 Å². The van der Waals surface area contributed by atoms with Crippen molar-refractivity contribution in [3.63, 3.8) is 0 Å². The Morgan fingerprint density at radius 3 is 2.90 bits per heavy atom. The van der Waals surface area contributed by atoms with Crippen LogP contribution in [0.4, 0.5) is 0 Å². The van der Waals surface area contributed by atoms with E-state index >= 15 is 0 Å². The number of hydrogen-bond donors (Lipinski definition) is 1. The first-order valence-electron chi connectivity index (χ1n) is 6.82. The van der Waals surface area contributed by atoms with E-state index in [1.54, 1.807) is 0 Å². The minimum absolute atomic E-state index is 0.314. The predicted molar refractivity (Wildman–Crippen MR) is 80.2 cm³/mol. The molecule has 1 N–H and O–H groups in total. The Hall–Kier alpha value is -1.51. The van der Waals surface area contributed by atoms with Crippen molar-refractivity contribution in [2.24, 2.45) is 0 Å². The van der Waals surface area contributed by atoms with Gasteiger partial charge in [-0.1, -0.05) is 29.8 Å². The molecule has 0 radical (unpaired) electrons. The minimum Gasteiger partial charge on any atom is -0.489 e. The molecular weight excluding hydrogens is 272 g/mol. The summed E-state index contributed by atoms with van der Waals surface area (Å²) in [5.74, 6) is 0.828. The van der Waals surface area contributed by atoms with Gasteiger partial charge in [-0.05, 0) is 54.7 Å². The zero-order valence-corrected chi connectivity index (χ0v) is 12.2. The summed E-state index contributed by atoms with van der Waals surface area (Å²) in [6.07, 6.45) is 1.41. The van der Waals surface area contributed by atoms with E-state index in [9.17, 15) is 5.11 Å². The fourth-order valence-corrected chi connectivity index (χ4v) is 2.88. The summed E-state index contributed by atoms with van der Waals surface area (Å²) in [5, 5.41) is 10.5. The van der Waals surface area contributed by atoms with Gasteiger partial charge in [-0.15, -0.1) is 0 Å². The molecule has 0 bridgehead atoms. The summed E-state index contributed by atoms with van der Waals surface area (Å²) in [5.41, 5.74) is 4.35. The van der Waals surface area contributed by atoms with Gasteiger partial charge in [0, 0.05) is 10.6 Å². The van der Waals surface area contributed by atoms with Crippen LogP contribution in [0, 0.1) is 6.92 Å². The van der Waals surface area contributed by atoms with Crippen LogP contribution in [-0.2, 0) is 13.0 Å². The number of hydrogen-bond acceptors (Lipinski definition) is 2. The van der Waals surface area contributed by atoms with Crippen molar-refractivity contribution in [1.29, 1.82) is 0 Å². The zero-order chi connectivity index (χ0) is 14.1. The summed E-state index contributed by atoms with van der Waals surface area (Å²) in [7, 11) is 0. The summed E-state index contributed by atoms with van der Waals surface area (Å²) in [6, 6.07) is 11.9. The van der Waals surface area contributed by atoms with Crippen molar-refractivity contribution in [3.05, 3.63) is 63.7 Å². The molecule has 0 aromatic heterocycles. The number of halogens is 1. The van der Waals surface area contributed by atoms with Crippen LogP contribution in [0.25, 0.3) is 0 Å². The quantitative estimate of drug-likeness (QED) is 0.917. The van der Waals surface area contributed by atoms with Crippen LogP contribution in [0.3, 0.4) is 0 Å². The molecule has 1 aliphatic rings. The molecule has 3 rings (SSSR count). The van der Waals surface area contributed by atoms with E-state index in [1.165, 1.54) is 5.56 Å². The Kier molecular flexibility index (Phi) is 3.68. The standard InChI is InChI=1S/C17H17ClO2/c1-11-2-3-13(16(18)8-11)10-20-14-5-6-15-12(9-14)4-7-17(15)19/h2-3,5-6,8-9,17,19H,4,7,10H2,1H3/t17-/m1/s1. The molecule has 2 nitrogen and oxygen atoms in total. The molecule has 1 atom stereocenters. The van der Waals surface area contributed by atoms with Crippen LogP contribution >= 0.6 is 11.6 Å². The molecule has 0 saturated carbocycles. The molecule has 3 heteroatoms. The number of rotatable bonds is 3. The molecule has 2 aromatic carbocycles. The minimum atomic E-state index is -0.314. The third-order valence-corrected chi connectivity index (χ3v) is 4.12. The largest absolute Gasteiger partial charge is 0.489 e. The highest BCUT2D eigenvalue weighted by Crippen LogP contribution is 2.33. The molecule has 0 saturated heterocycles. The van der Waals surface area contributed by atoms with Gasteiger partial charge in [-0.25, -0.2) is 0 Å². The predicted octanol–water partition coefficient (Wildman–Crippen LogP) is 4.21. The molecule has 1 aliphatic carbocycles. The third kappa shape index (κ3) is 2.67. The normalized spacial score (nSPS) is 17.1. The average Bonchev–Trinajstić information content (AvgIpc) is 2.79. The van der Waals surface area contributed by atoms with Gasteiger partial charge in [-0.2, -0.15) is 0 Å². The van der Waals surface area contributed by atoms with E-state index in [0.29, 0.717) is 6.61 Å². The third-order valence-electron chi connectivity index (χ3n) is 3.76. The molecule has 0 amide bonds. The van der Waals surface area contributed by atoms with Crippen LogP contribution in [0.5, 0.6) is 5.75 Å². The summed E-state index contributed by atoms with van der Waals surface area (Å²) >= 11 is 6.20. The summed E-state index contributed by atoms with van der Waals surface area (Å²) in [6.45, 7) is 2.47. The van der Waals surface area contributed by atoms with Gasteiger partial charge in [0.2, 0.25) is 0 Å². The fraction of sp³-hybridized carbons (Fsp3) is 0.294. The van der Waals surface area contributed by atoms with Crippen molar-refractivity contribution in [1.82, 2.24) is 0 Å². The lowest BCUT2D eigenvalue weighted by atomic mass is 10.1. The van der Waals surface area contributed by atoms with Crippen molar-refractivity contribution in [3.8, 4) is 5.75 Å². The lowest BCUT2D eigenvalue weighted by Gasteiger charge is -2.10. The molecule has 0 spiro atoms. The Morgan fingerprint density at radius 2 is 2.10 bits per heavy atom. The van der Waals surface area contributed by atoms with Crippen molar-refractivity contribution in [2.75, 3.05) is 0 Å².